The van der Waals surface area contributed by atoms with Gasteiger partial charge in [-0.15, -0.1) is 0 Å². The Morgan fingerprint density at radius 1 is 0.343 bits per heavy atom. The summed E-state index contributed by atoms with van der Waals surface area (Å²) < 4.78 is 4.61. The Labute approximate surface area is 407 Å². The van der Waals surface area contributed by atoms with Crippen LogP contribution in [-0.2, 0) is 0 Å². The third-order valence-corrected chi connectivity index (χ3v) is 13.8. The smallest absolute Gasteiger partial charge is 0.165 e. The van der Waals surface area contributed by atoms with Gasteiger partial charge < -0.3 is 9.13 Å². The van der Waals surface area contributed by atoms with Gasteiger partial charge in [-0.2, -0.15) is 5.26 Å². The maximum atomic E-state index is 11.6. The predicted octanol–water partition coefficient (Wildman–Crippen LogP) is 16.1. The Kier molecular flexibility index (Phi) is 10.1. The molecule has 9 aromatic carbocycles. The molecular weight excluding hydrogens is 853 g/mol. The molecule has 6 heteroatoms. The molecule has 0 radical (unpaired) electrons. The fourth-order valence-corrected chi connectivity index (χ4v) is 10.5. The van der Waals surface area contributed by atoms with Gasteiger partial charge in [-0.1, -0.05) is 168 Å². The lowest BCUT2D eigenvalue weighted by molar-refractivity contribution is 0.926. The molecule has 0 fully saturated rings. The summed E-state index contributed by atoms with van der Waals surface area (Å²) in [5, 5.41) is 16.0. The van der Waals surface area contributed by atoms with Crippen LogP contribution in [0.4, 0.5) is 0 Å². The number of benzene rings is 9. The van der Waals surface area contributed by atoms with E-state index in [1.807, 2.05) is 13.8 Å². The number of aryl methyl sites for hydroxylation is 6. The first-order chi connectivity index (χ1) is 34.1. The van der Waals surface area contributed by atoms with Crippen LogP contribution in [0.1, 0.15) is 39.5 Å². The third-order valence-electron chi connectivity index (χ3n) is 13.8. The van der Waals surface area contributed by atoms with Crippen LogP contribution in [0.5, 0.6) is 0 Å². The molecule has 0 saturated heterocycles. The molecule has 0 amide bonds. The van der Waals surface area contributed by atoms with E-state index in [0.717, 1.165) is 105 Å². The summed E-state index contributed by atoms with van der Waals surface area (Å²) in [5.74, 6) is 1.77. The predicted molar refractivity (Wildman–Crippen MR) is 289 cm³/mol. The number of rotatable bonds is 7. The molecule has 0 saturated carbocycles. The van der Waals surface area contributed by atoms with E-state index in [4.69, 9.17) is 9.97 Å². The van der Waals surface area contributed by atoms with Gasteiger partial charge in [-0.25, -0.2) is 15.0 Å². The molecule has 12 aromatic rings. The molecule has 0 N–H and O–H groups in total. The van der Waals surface area contributed by atoms with E-state index in [2.05, 4.69) is 230 Å². The van der Waals surface area contributed by atoms with Crippen molar-refractivity contribution in [1.29, 1.82) is 5.26 Å². The van der Waals surface area contributed by atoms with E-state index in [-0.39, 0.29) is 0 Å². The highest BCUT2D eigenvalue weighted by Crippen LogP contribution is 2.43. The van der Waals surface area contributed by atoms with Crippen molar-refractivity contribution in [1.82, 2.24) is 24.1 Å². The van der Waals surface area contributed by atoms with Crippen molar-refractivity contribution in [2.45, 2.75) is 41.5 Å². The standard InChI is InChI=1S/C64H48N6/c1-38-11-7-15-44(27-38)48-19-23-53-54-24-20-49(45-16-8-12-39(2)28-45)32-60(54)69(59(53)31-48)58-36-57(64-67-42(5)66-43(6)68-64)63(35-52(58)37-65)70-61-33-50(46-17-9-13-40(3)29-46)21-25-55(61)56-26-22-51(34-62(56)70)47-18-10-14-41(4)30-47/h7-36H,1-6H3. The molecule has 0 spiro atoms. The molecule has 6 nitrogen and oxygen atoms in total. The molecule has 12 rings (SSSR count). The van der Waals surface area contributed by atoms with Crippen molar-refractivity contribution >= 4 is 43.6 Å². The van der Waals surface area contributed by atoms with Gasteiger partial charge in [0.05, 0.1) is 39.0 Å². The van der Waals surface area contributed by atoms with E-state index in [1.54, 1.807) is 0 Å². The van der Waals surface area contributed by atoms with Crippen molar-refractivity contribution in [3.8, 4) is 73.3 Å². The van der Waals surface area contributed by atoms with Crippen molar-refractivity contribution in [2.75, 3.05) is 0 Å². The second-order valence-electron chi connectivity index (χ2n) is 18.8. The van der Waals surface area contributed by atoms with Gasteiger partial charge >= 0.3 is 0 Å². The van der Waals surface area contributed by atoms with Crippen molar-refractivity contribution < 1.29 is 0 Å². The highest BCUT2D eigenvalue weighted by Gasteiger charge is 2.25. The molecule has 0 aliphatic carbocycles. The average Bonchev–Trinajstić information content (AvgIpc) is 3.86. The molecule has 0 unspecified atom stereocenters. The molecule has 70 heavy (non-hydrogen) atoms. The Balaban J connectivity index is 1.21. The summed E-state index contributed by atoms with van der Waals surface area (Å²) >= 11 is 0. The van der Waals surface area contributed by atoms with Gasteiger partial charge in [0.1, 0.15) is 17.7 Å². The number of fused-ring (bicyclic) bond motifs is 6. The Morgan fingerprint density at radius 3 is 1.00 bits per heavy atom. The lowest BCUT2D eigenvalue weighted by atomic mass is 10.0. The third kappa shape index (κ3) is 7.31. The maximum Gasteiger partial charge on any atom is 0.165 e. The van der Waals surface area contributed by atoms with Gasteiger partial charge in [-0.3, -0.25) is 0 Å². The summed E-state index contributed by atoms with van der Waals surface area (Å²) in [7, 11) is 0. The van der Waals surface area contributed by atoms with Crippen molar-refractivity contribution in [3.63, 3.8) is 0 Å². The van der Waals surface area contributed by atoms with Crippen molar-refractivity contribution in [3.05, 3.63) is 221 Å². The molecule has 0 atom stereocenters. The minimum Gasteiger partial charge on any atom is -0.308 e. The monoisotopic (exact) mass is 900 g/mol. The van der Waals surface area contributed by atoms with E-state index >= 15 is 0 Å². The summed E-state index contributed by atoms with van der Waals surface area (Å²) in [6.45, 7) is 12.3. The normalized spacial score (nSPS) is 11.6. The van der Waals surface area contributed by atoms with Gasteiger partial charge in [0.25, 0.3) is 0 Å². The molecule has 334 valence electrons. The largest absolute Gasteiger partial charge is 0.308 e. The zero-order chi connectivity index (χ0) is 47.8. The summed E-state index contributed by atoms with van der Waals surface area (Å²) in [5.41, 5.74) is 20.6. The van der Waals surface area contributed by atoms with Gasteiger partial charge in [0, 0.05) is 27.1 Å². The molecule has 3 aromatic heterocycles. The zero-order valence-corrected chi connectivity index (χ0v) is 40.0. The van der Waals surface area contributed by atoms with Crippen LogP contribution in [0.3, 0.4) is 0 Å². The molecule has 3 heterocycles. The maximum absolute atomic E-state index is 11.6. The van der Waals surface area contributed by atoms with Crippen LogP contribution in [0.15, 0.2) is 182 Å². The molecule has 0 aliphatic heterocycles. The second-order valence-corrected chi connectivity index (χ2v) is 18.8. The SMILES string of the molecule is Cc1cccc(-c2ccc3c4ccc(-c5cccc(C)c5)cc4n(-c4cc(-c5nc(C)nc(C)n5)c(-n5c6cc(-c7cccc(C)c7)ccc6c6ccc(-c7cccc(C)c7)cc65)cc4C#N)c3c2)c1. The van der Waals surface area contributed by atoms with Crippen LogP contribution in [-0.4, -0.2) is 24.1 Å². The Hall–Kier alpha value is -8.92. The molecule has 0 bridgehead atoms. The minimum atomic E-state index is 0.515. The zero-order valence-electron chi connectivity index (χ0n) is 40.0. The van der Waals surface area contributed by atoms with Crippen LogP contribution in [0.25, 0.3) is 111 Å². The first kappa shape index (κ1) is 42.4. The van der Waals surface area contributed by atoms with Crippen LogP contribution in [0, 0.1) is 52.9 Å². The van der Waals surface area contributed by atoms with Crippen LogP contribution in [0.2, 0.25) is 0 Å². The molecular formula is C64H48N6. The topological polar surface area (TPSA) is 72.3 Å². The Morgan fingerprint density at radius 2 is 0.671 bits per heavy atom. The van der Waals surface area contributed by atoms with Gasteiger partial charge in [0.2, 0.25) is 0 Å². The number of nitrogens with zero attached hydrogens (tertiary/aromatic N) is 6. The first-order valence-electron chi connectivity index (χ1n) is 23.8. The molecule has 0 aliphatic rings. The first-order valence-corrected chi connectivity index (χ1v) is 23.8. The van der Waals surface area contributed by atoms with Gasteiger partial charge in [0.15, 0.2) is 5.82 Å². The number of hydrogen-bond acceptors (Lipinski definition) is 4. The lowest BCUT2D eigenvalue weighted by Gasteiger charge is -2.19. The highest BCUT2D eigenvalue weighted by molar-refractivity contribution is 6.13. The quantitative estimate of drug-likeness (QED) is 0.160. The highest BCUT2D eigenvalue weighted by atomic mass is 15.1. The lowest BCUT2D eigenvalue weighted by Crippen LogP contribution is -2.07. The van der Waals surface area contributed by atoms with E-state index in [9.17, 15) is 5.26 Å². The number of hydrogen-bond donors (Lipinski definition) is 0. The minimum absolute atomic E-state index is 0.515. The van der Waals surface area contributed by atoms with Crippen molar-refractivity contribution in [2.24, 2.45) is 0 Å². The van der Waals surface area contributed by atoms with E-state index in [1.165, 1.54) is 22.3 Å². The van der Waals surface area contributed by atoms with Crippen LogP contribution < -0.4 is 0 Å². The summed E-state index contributed by atoms with van der Waals surface area (Å²) in [6.07, 6.45) is 0. The second kappa shape index (κ2) is 16.7. The Bertz CT molecular complexity index is 3930. The summed E-state index contributed by atoms with van der Waals surface area (Å²) in [4.78, 5) is 14.8. The fraction of sp³-hybridized carbons (Fsp3) is 0.0938. The number of aromatic nitrogens is 5. The fourth-order valence-electron chi connectivity index (χ4n) is 10.5. The number of nitriles is 1. The summed E-state index contributed by atoms with van der Waals surface area (Å²) in [6, 6.07) is 68.4. The van der Waals surface area contributed by atoms with E-state index in [0.29, 0.717) is 23.0 Å². The van der Waals surface area contributed by atoms with Gasteiger partial charge in [-0.05, 0) is 122 Å². The average molecular weight is 901 g/mol. The van der Waals surface area contributed by atoms with Crippen LogP contribution >= 0.6 is 0 Å². The van der Waals surface area contributed by atoms with E-state index < -0.39 is 0 Å².